The zero-order valence-corrected chi connectivity index (χ0v) is 11.9. The van der Waals surface area contributed by atoms with Gasteiger partial charge in [-0.1, -0.05) is 11.6 Å². The number of ether oxygens (including phenoxy) is 1. The van der Waals surface area contributed by atoms with Crippen LogP contribution in [-0.2, 0) is 4.74 Å². The van der Waals surface area contributed by atoms with Crippen LogP contribution in [0.25, 0.3) is 0 Å². The third kappa shape index (κ3) is 3.43. The van der Waals surface area contributed by atoms with Crippen LogP contribution < -0.4 is 5.32 Å². The number of halogens is 1. The van der Waals surface area contributed by atoms with Crippen LogP contribution in [0.4, 0.5) is 0 Å². The summed E-state index contributed by atoms with van der Waals surface area (Å²) in [6.07, 6.45) is 2.40. The van der Waals surface area contributed by atoms with Crippen molar-refractivity contribution in [2.45, 2.75) is 18.6 Å². The van der Waals surface area contributed by atoms with E-state index in [4.69, 9.17) is 16.3 Å². The summed E-state index contributed by atoms with van der Waals surface area (Å²) in [4.78, 5) is 18.3. The van der Waals surface area contributed by atoms with Crippen molar-refractivity contribution in [2.75, 3.05) is 27.2 Å². The first-order valence-corrected chi connectivity index (χ1v) is 6.62. The molecule has 2 unspecified atom stereocenters. The van der Waals surface area contributed by atoms with Crippen molar-refractivity contribution in [3.8, 4) is 0 Å². The lowest BCUT2D eigenvalue weighted by Gasteiger charge is -2.36. The van der Waals surface area contributed by atoms with Crippen molar-refractivity contribution in [2.24, 2.45) is 0 Å². The van der Waals surface area contributed by atoms with Crippen molar-refractivity contribution >= 4 is 17.5 Å². The highest BCUT2D eigenvalue weighted by atomic mass is 35.5. The Morgan fingerprint density at radius 2 is 2.42 bits per heavy atom. The van der Waals surface area contributed by atoms with Crippen LogP contribution in [0.3, 0.4) is 0 Å². The Morgan fingerprint density at radius 1 is 1.63 bits per heavy atom. The van der Waals surface area contributed by atoms with Crippen LogP contribution in [0.2, 0.25) is 5.02 Å². The van der Waals surface area contributed by atoms with Gasteiger partial charge in [0.1, 0.15) is 5.69 Å². The zero-order valence-electron chi connectivity index (χ0n) is 11.1. The molecule has 2 heterocycles. The second-order valence-corrected chi connectivity index (χ2v) is 5.15. The highest BCUT2D eigenvalue weighted by molar-refractivity contribution is 6.33. The fourth-order valence-corrected chi connectivity index (χ4v) is 2.47. The predicted octanol–water partition coefficient (Wildman–Crippen LogP) is 1.18. The Morgan fingerprint density at radius 3 is 3.11 bits per heavy atom. The lowest BCUT2D eigenvalue weighted by atomic mass is 10.0. The number of aromatic nitrogens is 1. The van der Waals surface area contributed by atoms with Gasteiger partial charge in [0.15, 0.2) is 0 Å². The number of amides is 1. The Bertz CT molecular complexity index is 455. The number of rotatable bonds is 3. The quantitative estimate of drug-likeness (QED) is 0.905. The smallest absolute Gasteiger partial charge is 0.271 e. The van der Waals surface area contributed by atoms with Crippen molar-refractivity contribution in [1.82, 2.24) is 15.2 Å². The highest BCUT2D eigenvalue weighted by Gasteiger charge is 2.29. The fourth-order valence-electron chi connectivity index (χ4n) is 2.26. The highest BCUT2D eigenvalue weighted by Crippen LogP contribution is 2.15. The van der Waals surface area contributed by atoms with Gasteiger partial charge in [0.2, 0.25) is 0 Å². The van der Waals surface area contributed by atoms with E-state index < -0.39 is 0 Å². The molecular weight excluding hydrogens is 266 g/mol. The number of hydrogen-bond acceptors (Lipinski definition) is 4. The summed E-state index contributed by atoms with van der Waals surface area (Å²) in [5.74, 6) is -0.248. The predicted molar refractivity (Wildman–Crippen MR) is 73.4 cm³/mol. The maximum Gasteiger partial charge on any atom is 0.271 e. The summed E-state index contributed by atoms with van der Waals surface area (Å²) >= 11 is 5.97. The first-order valence-electron chi connectivity index (χ1n) is 6.24. The van der Waals surface area contributed by atoms with Crippen LogP contribution >= 0.6 is 11.6 Å². The third-order valence-electron chi connectivity index (χ3n) is 3.36. The number of hydrogen-bond donors (Lipinski definition) is 1. The minimum absolute atomic E-state index is 0.00762. The molecule has 1 amide bonds. The van der Waals surface area contributed by atoms with E-state index in [2.05, 4.69) is 15.2 Å². The van der Waals surface area contributed by atoms with E-state index in [0.717, 1.165) is 19.5 Å². The lowest BCUT2D eigenvalue weighted by molar-refractivity contribution is 0.0141. The molecule has 0 aromatic carbocycles. The van der Waals surface area contributed by atoms with E-state index in [1.807, 2.05) is 7.05 Å². The molecule has 0 aliphatic carbocycles. The molecule has 0 radical (unpaired) electrons. The number of likely N-dealkylation sites (tertiary alicyclic amines) is 1. The van der Waals surface area contributed by atoms with Crippen LogP contribution in [0.1, 0.15) is 16.9 Å². The minimum Gasteiger partial charge on any atom is -0.378 e. The average Bonchev–Trinajstić information content (AvgIpc) is 2.41. The van der Waals surface area contributed by atoms with Crippen molar-refractivity contribution in [1.29, 1.82) is 0 Å². The van der Waals surface area contributed by atoms with E-state index in [0.29, 0.717) is 5.02 Å². The monoisotopic (exact) mass is 283 g/mol. The molecule has 2 atom stereocenters. The lowest BCUT2D eigenvalue weighted by Crippen LogP contribution is -2.53. The molecule has 2 rings (SSSR count). The van der Waals surface area contributed by atoms with E-state index in [1.54, 1.807) is 25.4 Å². The van der Waals surface area contributed by atoms with Crippen molar-refractivity contribution in [3.05, 3.63) is 29.0 Å². The number of methoxy groups -OCH3 is 1. The number of nitrogens with zero attached hydrogens (tertiary/aromatic N) is 2. The molecule has 19 heavy (non-hydrogen) atoms. The van der Waals surface area contributed by atoms with Crippen molar-refractivity contribution < 1.29 is 9.53 Å². The van der Waals surface area contributed by atoms with E-state index in [-0.39, 0.29) is 23.7 Å². The van der Waals surface area contributed by atoms with Crippen LogP contribution in [-0.4, -0.2) is 55.2 Å². The maximum absolute atomic E-state index is 12.1. The van der Waals surface area contributed by atoms with Crippen molar-refractivity contribution in [3.63, 3.8) is 0 Å². The summed E-state index contributed by atoms with van der Waals surface area (Å²) in [6, 6.07) is 3.35. The van der Waals surface area contributed by atoms with Crippen LogP contribution in [0.15, 0.2) is 18.3 Å². The number of carbonyl (C=O) groups is 1. The van der Waals surface area contributed by atoms with E-state index >= 15 is 0 Å². The largest absolute Gasteiger partial charge is 0.378 e. The normalized spacial score (nSPS) is 24.2. The van der Waals surface area contributed by atoms with Crippen LogP contribution in [0, 0.1) is 0 Å². The van der Waals surface area contributed by atoms with Gasteiger partial charge in [-0.2, -0.15) is 0 Å². The topological polar surface area (TPSA) is 54.5 Å². The summed E-state index contributed by atoms with van der Waals surface area (Å²) in [6.45, 7) is 1.73. The summed E-state index contributed by atoms with van der Waals surface area (Å²) in [7, 11) is 3.70. The van der Waals surface area contributed by atoms with Gasteiger partial charge in [0.25, 0.3) is 5.91 Å². The van der Waals surface area contributed by atoms with Gasteiger partial charge in [-0.05, 0) is 32.1 Å². The fraction of sp³-hybridized carbons (Fsp3) is 0.538. The molecule has 1 fully saturated rings. The first kappa shape index (κ1) is 14.2. The van der Waals surface area contributed by atoms with E-state index in [1.165, 1.54) is 0 Å². The van der Waals surface area contributed by atoms with Gasteiger partial charge in [0, 0.05) is 19.9 Å². The molecular formula is C13H18ClN3O2. The Balaban J connectivity index is 2.04. The van der Waals surface area contributed by atoms with Gasteiger partial charge >= 0.3 is 0 Å². The molecule has 104 valence electrons. The standard InChI is InChI=1S/C13H18ClN3O2/c1-17-7-5-10(11(8-17)19-2)16-13(18)12-9(14)4-3-6-15-12/h3-4,6,10-11H,5,7-8H2,1-2H3,(H,16,18). The second-order valence-electron chi connectivity index (χ2n) is 4.74. The van der Waals surface area contributed by atoms with Crippen LogP contribution in [0.5, 0.6) is 0 Å². The van der Waals surface area contributed by atoms with Gasteiger partial charge < -0.3 is 15.0 Å². The molecule has 1 aromatic heterocycles. The summed E-state index contributed by atoms with van der Waals surface area (Å²) in [5, 5.41) is 3.32. The minimum atomic E-state index is -0.248. The third-order valence-corrected chi connectivity index (χ3v) is 3.66. The van der Waals surface area contributed by atoms with Gasteiger partial charge in [-0.25, -0.2) is 4.98 Å². The second kappa shape index (κ2) is 6.32. The molecule has 0 saturated carbocycles. The molecule has 1 aromatic rings. The molecule has 0 spiro atoms. The summed E-state index contributed by atoms with van der Waals surface area (Å²) < 4.78 is 5.43. The molecule has 1 saturated heterocycles. The number of piperidine rings is 1. The average molecular weight is 284 g/mol. The van der Waals surface area contributed by atoms with E-state index in [9.17, 15) is 4.79 Å². The number of pyridine rings is 1. The number of likely N-dealkylation sites (N-methyl/N-ethyl adjacent to an activating group) is 1. The maximum atomic E-state index is 12.1. The Hall–Kier alpha value is -1.17. The molecule has 6 heteroatoms. The Kier molecular flexibility index (Phi) is 4.74. The van der Waals surface area contributed by atoms with Gasteiger partial charge in [-0.3, -0.25) is 4.79 Å². The molecule has 1 aliphatic heterocycles. The SMILES string of the molecule is COC1CN(C)CCC1NC(=O)c1ncccc1Cl. The first-order chi connectivity index (χ1) is 9.11. The number of carbonyl (C=O) groups excluding carboxylic acids is 1. The van der Waals surface area contributed by atoms with Gasteiger partial charge in [-0.15, -0.1) is 0 Å². The van der Waals surface area contributed by atoms with Gasteiger partial charge in [0.05, 0.1) is 17.2 Å². The summed E-state index contributed by atoms with van der Waals surface area (Å²) in [5.41, 5.74) is 0.262. The molecule has 1 N–H and O–H groups in total. The number of nitrogens with one attached hydrogen (secondary N) is 1. The molecule has 1 aliphatic rings. The molecule has 5 nitrogen and oxygen atoms in total. The zero-order chi connectivity index (χ0) is 13.8. The Labute approximate surface area is 117 Å². The molecule has 0 bridgehead atoms.